The first-order valence-electron chi connectivity index (χ1n) is 6.51. The molecule has 0 amide bonds. The molecule has 0 saturated heterocycles. The summed E-state index contributed by atoms with van der Waals surface area (Å²) in [5.74, 6) is -0.574. The monoisotopic (exact) mass is 302 g/mol. The number of carbonyl (C=O) groups excluding carboxylic acids is 1. The van der Waals surface area contributed by atoms with Crippen LogP contribution in [-0.2, 0) is 4.79 Å². The minimum absolute atomic E-state index is 0.119. The molecular formula is C13H22N2O6. The zero-order chi connectivity index (χ0) is 16.8. The van der Waals surface area contributed by atoms with Crippen LogP contribution in [0, 0.1) is 22.7 Å². The molecule has 0 bridgehead atoms. The summed E-state index contributed by atoms with van der Waals surface area (Å²) in [6.45, 7) is 1.21. The summed E-state index contributed by atoms with van der Waals surface area (Å²) in [5, 5.41) is 60.3. The smallest absolute Gasteiger partial charge is 0.181 e. The number of hydrogen-bond acceptors (Lipinski definition) is 8. The minimum atomic E-state index is -1.79. The van der Waals surface area contributed by atoms with Gasteiger partial charge in [0, 0.05) is 6.42 Å². The van der Waals surface area contributed by atoms with Gasteiger partial charge in [0.05, 0.1) is 6.61 Å². The Morgan fingerprint density at radius 1 is 1.05 bits per heavy atom. The zero-order valence-corrected chi connectivity index (χ0v) is 11.9. The van der Waals surface area contributed by atoms with Crippen LogP contribution in [0.2, 0.25) is 0 Å². The van der Waals surface area contributed by atoms with Gasteiger partial charge in [0.25, 0.3) is 0 Å². The molecule has 120 valence electrons. The number of nitriles is 2. The lowest BCUT2D eigenvalue weighted by Gasteiger charge is -2.24. The first-order valence-corrected chi connectivity index (χ1v) is 6.51. The first-order chi connectivity index (χ1) is 9.87. The van der Waals surface area contributed by atoms with Crippen molar-refractivity contribution in [2.24, 2.45) is 0 Å². The highest BCUT2D eigenvalue weighted by Crippen LogP contribution is 2.09. The van der Waals surface area contributed by atoms with E-state index in [1.807, 2.05) is 6.92 Å². The predicted molar refractivity (Wildman–Crippen MR) is 71.5 cm³/mol. The third kappa shape index (κ3) is 9.91. The van der Waals surface area contributed by atoms with Gasteiger partial charge in [-0.25, -0.2) is 0 Å². The van der Waals surface area contributed by atoms with Gasteiger partial charge in [0.2, 0.25) is 0 Å². The zero-order valence-electron chi connectivity index (χ0n) is 11.9. The van der Waals surface area contributed by atoms with E-state index >= 15 is 0 Å². The van der Waals surface area contributed by atoms with Crippen molar-refractivity contribution in [1.29, 1.82) is 10.5 Å². The Bertz CT molecular complexity index is 351. The van der Waals surface area contributed by atoms with Crippen molar-refractivity contribution in [2.75, 3.05) is 6.61 Å². The van der Waals surface area contributed by atoms with Crippen molar-refractivity contribution in [1.82, 2.24) is 0 Å². The summed E-state index contributed by atoms with van der Waals surface area (Å²) in [7, 11) is 0. The topological polar surface area (TPSA) is 166 Å². The number of ketones is 1. The fourth-order valence-electron chi connectivity index (χ4n) is 1.41. The van der Waals surface area contributed by atoms with Crippen LogP contribution in [0.3, 0.4) is 0 Å². The second-order valence-electron chi connectivity index (χ2n) is 4.32. The molecule has 8 heteroatoms. The van der Waals surface area contributed by atoms with Gasteiger partial charge < -0.3 is 25.5 Å². The maximum Gasteiger partial charge on any atom is 0.181 e. The van der Waals surface area contributed by atoms with E-state index in [-0.39, 0.29) is 6.42 Å². The highest BCUT2D eigenvalue weighted by Gasteiger charge is 2.33. The van der Waals surface area contributed by atoms with Gasteiger partial charge in [0.1, 0.15) is 24.4 Å². The van der Waals surface area contributed by atoms with E-state index in [2.05, 4.69) is 0 Å². The molecule has 0 spiro atoms. The Morgan fingerprint density at radius 2 is 1.57 bits per heavy atom. The van der Waals surface area contributed by atoms with E-state index in [1.54, 1.807) is 0 Å². The second-order valence-corrected chi connectivity index (χ2v) is 4.32. The summed E-state index contributed by atoms with van der Waals surface area (Å²) in [5.41, 5.74) is 0. The highest BCUT2D eigenvalue weighted by atomic mass is 16.4. The summed E-state index contributed by atoms with van der Waals surface area (Å²) >= 11 is 0. The number of aliphatic hydroxyl groups is 5. The van der Waals surface area contributed by atoms with Crippen LogP contribution in [0.25, 0.3) is 0 Å². The highest BCUT2D eigenvalue weighted by molar-refractivity contribution is 5.83. The van der Waals surface area contributed by atoms with Crippen LogP contribution in [0.4, 0.5) is 0 Å². The Labute approximate surface area is 123 Å². The number of nitrogens with zero attached hydrogens (tertiary/aromatic N) is 2. The lowest BCUT2D eigenvalue weighted by atomic mass is 9.97. The summed E-state index contributed by atoms with van der Waals surface area (Å²) < 4.78 is 0. The molecule has 5 N–H and O–H groups in total. The number of aliphatic hydroxyl groups excluding tert-OH is 5. The maximum atomic E-state index is 11.4. The molecule has 0 radical (unpaired) electrons. The fraction of sp³-hybridized carbons (Fsp3) is 0.769. The van der Waals surface area contributed by atoms with Gasteiger partial charge >= 0.3 is 0 Å². The molecule has 0 aliphatic rings. The molecule has 0 fully saturated rings. The lowest BCUT2D eigenvalue weighted by Crippen LogP contribution is -2.48. The van der Waals surface area contributed by atoms with Crippen LogP contribution in [-0.4, -0.2) is 62.3 Å². The average Bonchev–Trinajstić information content (AvgIpc) is 2.52. The van der Waals surface area contributed by atoms with Crippen molar-refractivity contribution >= 4 is 5.78 Å². The largest absolute Gasteiger partial charge is 0.394 e. The molecule has 0 aliphatic heterocycles. The molecule has 21 heavy (non-hydrogen) atoms. The normalized spacial score (nSPS) is 15.4. The molecule has 8 nitrogen and oxygen atoms in total. The molecule has 0 aromatic rings. The van der Waals surface area contributed by atoms with Crippen molar-refractivity contribution < 1.29 is 30.3 Å². The average molecular weight is 302 g/mol. The molecular weight excluding hydrogens is 280 g/mol. The summed E-state index contributed by atoms with van der Waals surface area (Å²) in [6.07, 6.45) is -4.34. The van der Waals surface area contributed by atoms with E-state index < -0.39 is 36.8 Å². The van der Waals surface area contributed by atoms with Crippen molar-refractivity contribution in [3.8, 4) is 12.1 Å². The van der Waals surface area contributed by atoms with E-state index in [4.69, 9.17) is 20.7 Å². The van der Waals surface area contributed by atoms with Crippen molar-refractivity contribution in [2.45, 2.75) is 57.0 Å². The van der Waals surface area contributed by atoms with Crippen LogP contribution in [0.15, 0.2) is 0 Å². The van der Waals surface area contributed by atoms with Crippen LogP contribution < -0.4 is 0 Å². The molecule has 0 rings (SSSR count). The van der Waals surface area contributed by atoms with Crippen LogP contribution in [0.1, 0.15) is 32.6 Å². The van der Waals surface area contributed by atoms with Gasteiger partial charge in [-0.3, -0.25) is 4.79 Å². The third-order valence-corrected chi connectivity index (χ3v) is 2.66. The molecule has 0 aromatic heterocycles. The quantitative estimate of drug-likeness (QED) is 0.324. The fourth-order valence-corrected chi connectivity index (χ4v) is 1.41. The van der Waals surface area contributed by atoms with E-state index in [9.17, 15) is 20.1 Å². The van der Waals surface area contributed by atoms with Gasteiger partial charge in [-0.1, -0.05) is 19.8 Å². The number of carbonyl (C=O) groups is 1. The van der Waals surface area contributed by atoms with E-state index in [1.165, 1.54) is 12.1 Å². The van der Waals surface area contributed by atoms with Gasteiger partial charge in [0.15, 0.2) is 17.9 Å². The Kier molecular flexibility index (Phi) is 13.9. The first kappa shape index (κ1) is 21.7. The number of unbranched alkanes of at least 4 members (excludes halogenated alkanes) is 2. The van der Waals surface area contributed by atoms with Crippen molar-refractivity contribution in [3.05, 3.63) is 0 Å². The van der Waals surface area contributed by atoms with Crippen molar-refractivity contribution in [3.63, 3.8) is 0 Å². The van der Waals surface area contributed by atoms with Crippen LogP contribution in [0.5, 0.6) is 0 Å². The second kappa shape index (κ2) is 13.4. The van der Waals surface area contributed by atoms with Gasteiger partial charge in [-0.2, -0.15) is 10.5 Å². The third-order valence-electron chi connectivity index (χ3n) is 2.66. The Morgan fingerprint density at radius 3 is 1.95 bits per heavy atom. The molecule has 4 atom stereocenters. The maximum absolute atomic E-state index is 11.4. The minimum Gasteiger partial charge on any atom is -0.394 e. The number of Topliss-reactive ketones (excluding diaryl/α,β-unsaturated/α-hetero) is 1. The van der Waals surface area contributed by atoms with Crippen LogP contribution >= 0.6 is 0 Å². The molecule has 0 heterocycles. The predicted octanol–water partition coefficient (Wildman–Crippen LogP) is -1.39. The standard InChI is InChI=1S/C11H22O6.C2N2/c1-2-3-4-5-7(13)9(15)11(17)10(16)8(14)6-12;3-1-2-4/h8-12,14-17H,2-6H2,1H3;. The van der Waals surface area contributed by atoms with E-state index in [0.717, 1.165) is 12.8 Å². The summed E-state index contributed by atoms with van der Waals surface area (Å²) in [6, 6.07) is 2.47. The number of hydrogen-bond donors (Lipinski definition) is 5. The molecule has 0 aliphatic carbocycles. The lowest BCUT2D eigenvalue weighted by molar-refractivity contribution is -0.147. The summed E-state index contributed by atoms with van der Waals surface area (Å²) in [4.78, 5) is 11.4. The SMILES string of the molecule is CCCCCC(=O)C(O)C(O)C(O)C(O)CO.N#CC#N. The molecule has 0 aromatic carbocycles. The Balaban J connectivity index is 0. The van der Waals surface area contributed by atoms with E-state index in [0.29, 0.717) is 6.42 Å². The van der Waals surface area contributed by atoms with Gasteiger partial charge in [-0.05, 0) is 6.42 Å². The Hall–Kier alpha value is -1.55. The van der Waals surface area contributed by atoms with Gasteiger partial charge in [-0.15, -0.1) is 0 Å². The molecule has 0 saturated carbocycles. The number of rotatable bonds is 9. The molecule has 4 unspecified atom stereocenters.